The van der Waals surface area contributed by atoms with Crippen molar-refractivity contribution in [1.82, 2.24) is 9.88 Å². The highest BCUT2D eigenvalue weighted by atomic mass is 15.2. The van der Waals surface area contributed by atoms with Crippen LogP contribution in [0.3, 0.4) is 0 Å². The van der Waals surface area contributed by atoms with E-state index in [0.29, 0.717) is 5.41 Å². The summed E-state index contributed by atoms with van der Waals surface area (Å²) < 4.78 is 0. The minimum absolute atomic E-state index is 0.639. The zero-order valence-corrected chi connectivity index (χ0v) is 12.2. The number of hydrogen-bond acceptors (Lipinski definition) is 3. The topological polar surface area (TPSA) is 19.4 Å². The first-order valence-electron chi connectivity index (χ1n) is 7.52. The Kier molecular flexibility index (Phi) is 3.48. The molecule has 2 saturated heterocycles. The molecule has 1 aromatic heterocycles. The molecule has 0 radical (unpaired) electrons. The van der Waals surface area contributed by atoms with Crippen molar-refractivity contribution in [3.8, 4) is 0 Å². The number of pyridine rings is 1. The fraction of sp³-hybridized carbons (Fsp3) is 0.688. The van der Waals surface area contributed by atoms with Crippen molar-refractivity contribution in [2.75, 3.05) is 38.1 Å². The lowest BCUT2D eigenvalue weighted by molar-refractivity contribution is 0.0945. The Morgan fingerprint density at radius 1 is 1.00 bits per heavy atom. The summed E-state index contributed by atoms with van der Waals surface area (Å²) in [6.45, 7) is 7.10. The molecule has 1 aromatic rings. The van der Waals surface area contributed by atoms with E-state index in [1.807, 2.05) is 12.4 Å². The minimum Gasteiger partial charge on any atom is -0.370 e. The Hall–Kier alpha value is -1.09. The molecular formula is C16H25N3. The van der Waals surface area contributed by atoms with Crippen LogP contribution in [0, 0.1) is 12.3 Å². The molecule has 0 N–H and O–H groups in total. The maximum Gasteiger partial charge on any atom is 0.0555 e. The van der Waals surface area contributed by atoms with E-state index in [9.17, 15) is 0 Å². The highest BCUT2D eigenvalue weighted by molar-refractivity contribution is 5.46. The Morgan fingerprint density at radius 3 is 2.26 bits per heavy atom. The number of piperidine rings is 2. The van der Waals surface area contributed by atoms with Crippen LogP contribution in [0.15, 0.2) is 18.5 Å². The van der Waals surface area contributed by atoms with Gasteiger partial charge < -0.3 is 9.80 Å². The quantitative estimate of drug-likeness (QED) is 0.773. The van der Waals surface area contributed by atoms with E-state index < -0.39 is 0 Å². The Labute approximate surface area is 116 Å². The van der Waals surface area contributed by atoms with Gasteiger partial charge in [0.25, 0.3) is 0 Å². The molecule has 2 fully saturated rings. The summed E-state index contributed by atoms with van der Waals surface area (Å²) in [6.07, 6.45) is 9.45. The summed E-state index contributed by atoms with van der Waals surface area (Å²) in [5.41, 5.74) is 3.21. The van der Waals surface area contributed by atoms with Crippen LogP contribution in [0.2, 0.25) is 0 Å². The van der Waals surface area contributed by atoms with E-state index in [4.69, 9.17) is 0 Å². The monoisotopic (exact) mass is 259 g/mol. The molecular weight excluding hydrogens is 234 g/mol. The van der Waals surface area contributed by atoms with E-state index in [2.05, 4.69) is 34.8 Å². The number of nitrogens with zero attached hydrogens (tertiary/aromatic N) is 3. The molecule has 3 heterocycles. The van der Waals surface area contributed by atoms with Gasteiger partial charge >= 0.3 is 0 Å². The second-order valence-corrected chi connectivity index (χ2v) is 6.51. The largest absolute Gasteiger partial charge is 0.370 e. The molecule has 0 atom stereocenters. The zero-order chi connectivity index (χ0) is 13.3. The van der Waals surface area contributed by atoms with Crippen LogP contribution in [0.1, 0.15) is 31.2 Å². The summed E-state index contributed by atoms with van der Waals surface area (Å²) in [4.78, 5) is 9.32. The molecule has 0 amide bonds. The van der Waals surface area contributed by atoms with Crippen LogP contribution in [0.5, 0.6) is 0 Å². The SMILES string of the molecule is Cc1cncc(N2CCC3(CCN(C)CC3)CC2)c1. The molecule has 3 heteroatoms. The van der Waals surface area contributed by atoms with Gasteiger partial charge in [-0.1, -0.05) is 0 Å². The van der Waals surface area contributed by atoms with Crippen LogP contribution in [-0.2, 0) is 0 Å². The molecule has 104 valence electrons. The summed E-state index contributed by atoms with van der Waals surface area (Å²) >= 11 is 0. The fourth-order valence-electron chi connectivity index (χ4n) is 3.54. The van der Waals surface area contributed by atoms with E-state index in [1.165, 1.54) is 63.1 Å². The molecule has 1 spiro atoms. The van der Waals surface area contributed by atoms with Gasteiger partial charge in [0.2, 0.25) is 0 Å². The first-order valence-corrected chi connectivity index (χ1v) is 7.52. The van der Waals surface area contributed by atoms with Gasteiger partial charge in [-0.25, -0.2) is 0 Å². The molecule has 2 aliphatic heterocycles. The van der Waals surface area contributed by atoms with Crippen molar-refractivity contribution in [1.29, 1.82) is 0 Å². The third-order valence-electron chi connectivity index (χ3n) is 5.10. The molecule has 0 aliphatic carbocycles. The van der Waals surface area contributed by atoms with Gasteiger partial charge in [-0.3, -0.25) is 4.98 Å². The Bertz CT molecular complexity index is 425. The Balaban J connectivity index is 1.63. The number of likely N-dealkylation sites (tertiary alicyclic amines) is 1. The molecule has 19 heavy (non-hydrogen) atoms. The predicted molar refractivity (Wildman–Crippen MR) is 79.6 cm³/mol. The zero-order valence-electron chi connectivity index (χ0n) is 12.2. The second-order valence-electron chi connectivity index (χ2n) is 6.51. The average molecular weight is 259 g/mol. The first kappa shape index (κ1) is 12.9. The number of rotatable bonds is 1. The third kappa shape index (κ3) is 2.76. The van der Waals surface area contributed by atoms with Crippen LogP contribution < -0.4 is 4.90 Å². The maximum absolute atomic E-state index is 4.33. The molecule has 0 bridgehead atoms. The van der Waals surface area contributed by atoms with E-state index in [0.717, 1.165) is 0 Å². The van der Waals surface area contributed by atoms with Gasteiger partial charge in [-0.2, -0.15) is 0 Å². The molecule has 0 unspecified atom stereocenters. The van der Waals surface area contributed by atoms with Crippen molar-refractivity contribution in [3.05, 3.63) is 24.0 Å². The van der Waals surface area contributed by atoms with Crippen molar-refractivity contribution >= 4 is 5.69 Å². The molecule has 3 rings (SSSR count). The van der Waals surface area contributed by atoms with Crippen molar-refractivity contribution in [3.63, 3.8) is 0 Å². The first-order chi connectivity index (χ1) is 9.17. The number of hydrogen-bond donors (Lipinski definition) is 0. The maximum atomic E-state index is 4.33. The van der Waals surface area contributed by atoms with Crippen molar-refractivity contribution < 1.29 is 0 Å². The molecule has 0 saturated carbocycles. The van der Waals surface area contributed by atoms with Gasteiger partial charge in [-0.15, -0.1) is 0 Å². The summed E-state index contributed by atoms with van der Waals surface area (Å²) in [6, 6.07) is 2.26. The summed E-state index contributed by atoms with van der Waals surface area (Å²) in [7, 11) is 2.25. The number of anilines is 1. The standard InChI is InChI=1S/C16H25N3/c1-14-11-15(13-17-12-14)19-9-5-16(6-10-19)3-7-18(2)8-4-16/h11-13H,3-10H2,1-2H3. The molecule has 3 nitrogen and oxygen atoms in total. The lowest BCUT2D eigenvalue weighted by atomic mass is 9.71. The highest BCUT2D eigenvalue weighted by Gasteiger charge is 2.36. The lowest BCUT2D eigenvalue weighted by Crippen LogP contribution is -2.46. The van der Waals surface area contributed by atoms with Crippen molar-refractivity contribution in [2.24, 2.45) is 5.41 Å². The summed E-state index contributed by atoms with van der Waals surface area (Å²) in [5.74, 6) is 0. The highest BCUT2D eigenvalue weighted by Crippen LogP contribution is 2.41. The smallest absolute Gasteiger partial charge is 0.0555 e. The minimum atomic E-state index is 0.639. The third-order valence-corrected chi connectivity index (χ3v) is 5.10. The number of aryl methyl sites for hydroxylation is 1. The van der Waals surface area contributed by atoms with Gasteiger partial charge in [0.15, 0.2) is 0 Å². The normalized spacial score (nSPS) is 23.8. The molecule has 0 aromatic carbocycles. The summed E-state index contributed by atoms with van der Waals surface area (Å²) in [5, 5.41) is 0. The predicted octanol–water partition coefficient (Wildman–Crippen LogP) is 2.70. The van der Waals surface area contributed by atoms with Crippen molar-refractivity contribution in [2.45, 2.75) is 32.6 Å². The van der Waals surface area contributed by atoms with E-state index in [-0.39, 0.29) is 0 Å². The van der Waals surface area contributed by atoms with Crippen LogP contribution in [0.4, 0.5) is 5.69 Å². The van der Waals surface area contributed by atoms with Crippen LogP contribution >= 0.6 is 0 Å². The van der Waals surface area contributed by atoms with E-state index >= 15 is 0 Å². The second kappa shape index (κ2) is 5.12. The average Bonchev–Trinajstić information content (AvgIpc) is 2.43. The van der Waals surface area contributed by atoms with Gasteiger partial charge in [0, 0.05) is 19.3 Å². The van der Waals surface area contributed by atoms with E-state index in [1.54, 1.807) is 0 Å². The number of aromatic nitrogens is 1. The molecule has 2 aliphatic rings. The van der Waals surface area contributed by atoms with Crippen LogP contribution in [0.25, 0.3) is 0 Å². The lowest BCUT2D eigenvalue weighted by Gasteiger charge is -2.46. The van der Waals surface area contributed by atoms with Gasteiger partial charge in [-0.05, 0) is 69.8 Å². The van der Waals surface area contributed by atoms with Gasteiger partial charge in [0.05, 0.1) is 11.9 Å². The van der Waals surface area contributed by atoms with Gasteiger partial charge in [0.1, 0.15) is 0 Å². The van der Waals surface area contributed by atoms with Crippen LogP contribution in [-0.4, -0.2) is 43.1 Å². The fourth-order valence-corrected chi connectivity index (χ4v) is 3.54. The Morgan fingerprint density at radius 2 is 1.63 bits per heavy atom.